The van der Waals surface area contributed by atoms with Crippen LogP contribution in [0.4, 0.5) is 0 Å². The molecule has 0 aliphatic heterocycles. The van der Waals surface area contributed by atoms with E-state index in [1.165, 1.54) is 5.56 Å². The van der Waals surface area contributed by atoms with Gasteiger partial charge in [0.05, 0.1) is 0 Å². The van der Waals surface area contributed by atoms with Crippen LogP contribution in [0.25, 0.3) is 0 Å². The van der Waals surface area contributed by atoms with Gasteiger partial charge in [-0.15, -0.1) is 0 Å². The fraction of sp³-hybridized carbons (Fsp3) is 0.294. The highest BCUT2D eigenvalue weighted by Gasteiger charge is 2.05. The lowest BCUT2D eigenvalue weighted by atomic mass is 9.99. The zero-order valence-corrected chi connectivity index (χ0v) is 13.2. The van der Waals surface area contributed by atoms with Gasteiger partial charge in [-0.3, -0.25) is 0 Å². The van der Waals surface area contributed by atoms with Crippen molar-refractivity contribution in [3.63, 3.8) is 0 Å². The Labute approximate surface area is 130 Å². The first-order chi connectivity index (χ1) is 9.60. The standard InChI is InChI=1S/C17H18Cl2O/c1-3-12(2)13-5-8-16(9-6-13)20-11-14-4-7-15(18)10-17(14)19/h4-10,12H,3,11H2,1-2H3. The van der Waals surface area contributed by atoms with Crippen molar-refractivity contribution in [2.24, 2.45) is 0 Å². The van der Waals surface area contributed by atoms with Gasteiger partial charge in [0.2, 0.25) is 0 Å². The maximum Gasteiger partial charge on any atom is 0.119 e. The van der Waals surface area contributed by atoms with E-state index in [0.717, 1.165) is 17.7 Å². The molecule has 2 aromatic rings. The number of benzene rings is 2. The lowest BCUT2D eigenvalue weighted by molar-refractivity contribution is 0.306. The van der Waals surface area contributed by atoms with Crippen molar-refractivity contribution < 1.29 is 4.74 Å². The topological polar surface area (TPSA) is 9.23 Å². The first-order valence-corrected chi connectivity index (χ1v) is 7.52. The van der Waals surface area contributed by atoms with Crippen LogP contribution in [0, 0.1) is 0 Å². The molecule has 2 rings (SSSR count). The van der Waals surface area contributed by atoms with E-state index in [9.17, 15) is 0 Å². The highest BCUT2D eigenvalue weighted by Crippen LogP contribution is 2.24. The van der Waals surface area contributed by atoms with Gasteiger partial charge in [0.25, 0.3) is 0 Å². The van der Waals surface area contributed by atoms with Crippen molar-refractivity contribution in [3.05, 3.63) is 63.6 Å². The molecule has 0 radical (unpaired) electrons. The van der Waals surface area contributed by atoms with E-state index in [-0.39, 0.29) is 0 Å². The molecule has 0 aliphatic carbocycles. The largest absolute Gasteiger partial charge is 0.489 e. The van der Waals surface area contributed by atoms with Gasteiger partial charge in [0.15, 0.2) is 0 Å². The van der Waals surface area contributed by atoms with Gasteiger partial charge in [0, 0.05) is 15.6 Å². The third kappa shape index (κ3) is 3.91. The monoisotopic (exact) mass is 308 g/mol. The average molecular weight is 309 g/mol. The predicted molar refractivity (Wildman–Crippen MR) is 85.9 cm³/mol. The molecule has 0 saturated heterocycles. The minimum atomic E-state index is 0.443. The van der Waals surface area contributed by atoms with Crippen molar-refractivity contribution >= 4 is 23.2 Å². The Balaban J connectivity index is 2.00. The first kappa shape index (κ1) is 15.2. The Bertz CT molecular complexity index is 564. The van der Waals surface area contributed by atoms with Gasteiger partial charge < -0.3 is 4.74 Å². The van der Waals surface area contributed by atoms with E-state index in [1.54, 1.807) is 6.07 Å². The van der Waals surface area contributed by atoms with Crippen molar-refractivity contribution in [1.29, 1.82) is 0 Å². The van der Waals surface area contributed by atoms with Gasteiger partial charge >= 0.3 is 0 Å². The molecule has 1 atom stereocenters. The summed E-state index contributed by atoms with van der Waals surface area (Å²) in [7, 11) is 0. The Morgan fingerprint density at radius 3 is 2.35 bits per heavy atom. The molecule has 1 unspecified atom stereocenters. The van der Waals surface area contributed by atoms with E-state index < -0.39 is 0 Å². The summed E-state index contributed by atoms with van der Waals surface area (Å²) in [4.78, 5) is 0. The Morgan fingerprint density at radius 1 is 1.05 bits per heavy atom. The summed E-state index contributed by atoms with van der Waals surface area (Å²) >= 11 is 12.0. The van der Waals surface area contributed by atoms with Gasteiger partial charge in [0.1, 0.15) is 12.4 Å². The number of rotatable bonds is 5. The second-order valence-electron chi connectivity index (χ2n) is 4.90. The van der Waals surface area contributed by atoms with Crippen molar-refractivity contribution in [2.45, 2.75) is 32.8 Å². The quantitative estimate of drug-likeness (QED) is 0.649. The summed E-state index contributed by atoms with van der Waals surface area (Å²) < 4.78 is 5.75. The van der Waals surface area contributed by atoms with Crippen LogP contribution >= 0.6 is 23.2 Å². The van der Waals surface area contributed by atoms with Crippen molar-refractivity contribution in [3.8, 4) is 5.75 Å². The molecule has 0 aromatic heterocycles. The lowest BCUT2D eigenvalue weighted by Gasteiger charge is -2.11. The Morgan fingerprint density at radius 2 is 1.75 bits per heavy atom. The molecule has 3 heteroatoms. The lowest BCUT2D eigenvalue weighted by Crippen LogP contribution is -1.97. The Kier molecular flexibility index (Phi) is 5.33. The predicted octanol–water partition coefficient (Wildman–Crippen LogP) is 6.09. The average Bonchev–Trinajstić information content (AvgIpc) is 2.46. The summed E-state index contributed by atoms with van der Waals surface area (Å²) in [6.45, 7) is 4.86. The molecule has 1 nitrogen and oxygen atoms in total. The SMILES string of the molecule is CCC(C)c1ccc(OCc2ccc(Cl)cc2Cl)cc1. The number of hydrogen-bond acceptors (Lipinski definition) is 1. The molecule has 0 heterocycles. The van der Waals surface area contributed by atoms with E-state index >= 15 is 0 Å². The van der Waals surface area contributed by atoms with Crippen LogP contribution in [0.3, 0.4) is 0 Å². The molecular weight excluding hydrogens is 291 g/mol. The van der Waals surface area contributed by atoms with Crippen LogP contribution in [0.5, 0.6) is 5.75 Å². The molecule has 0 amide bonds. The zero-order valence-electron chi connectivity index (χ0n) is 11.7. The maximum absolute atomic E-state index is 6.12. The fourth-order valence-electron chi connectivity index (χ4n) is 1.93. The smallest absolute Gasteiger partial charge is 0.119 e. The van der Waals surface area contributed by atoms with Crippen LogP contribution in [0.2, 0.25) is 10.0 Å². The Hall–Kier alpha value is -1.18. The highest BCUT2D eigenvalue weighted by atomic mass is 35.5. The summed E-state index contributed by atoms with van der Waals surface area (Å²) in [6, 6.07) is 13.7. The molecule has 0 aliphatic rings. The normalized spacial score (nSPS) is 12.2. The minimum absolute atomic E-state index is 0.443. The second-order valence-corrected chi connectivity index (χ2v) is 5.75. The van der Waals surface area contributed by atoms with E-state index in [0.29, 0.717) is 22.6 Å². The molecule has 106 valence electrons. The third-order valence-corrected chi connectivity index (χ3v) is 4.06. The number of hydrogen-bond donors (Lipinski definition) is 0. The third-order valence-electron chi connectivity index (χ3n) is 3.47. The van der Waals surface area contributed by atoms with Gasteiger partial charge in [-0.1, -0.05) is 55.2 Å². The molecule has 0 saturated carbocycles. The van der Waals surface area contributed by atoms with E-state index in [4.69, 9.17) is 27.9 Å². The zero-order chi connectivity index (χ0) is 14.5. The first-order valence-electron chi connectivity index (χ1n) is 6.77. The van der Waals surface area contributed by atoms with Crippen LogP contribution in [-0.2, 0) is 6.61 Å². The minimum Gasteiger partial charge on any atom is -0.489 e. The number of ether oxygens (including phenoxy) is 1. The van der Waals surface area contributed by atoms with Crippen LogP contribution in [0.1, 0.15) is 37.3 Å². The molecule has 0 N–H and O–H groups in total. The van der Waals surface area contributed by atoms with E-state index in [1.807, 2.05) is 24.3 Å². The van der Waals surface area contributed by atoms with Crippen molar-refractivity contribution in [2.75, 3.05) is 0 Å². The summed E-state index contributed by atoms with van der Waals surface area (Å²) in [6.07, 6.45) is 1.14. The van der Waals surface area contributed by atoms with Gasteiger partial charge in [-0.05, 0) is 42.2 Å². The number of halogens is 2. The molecule has 0 spiro atoms. The molecule has 20 heavy (non-hydrogen) atoms. The van der Waals surface area contributed by atoms with Crippen LogP contribution < -0.4 is 4.74 Å². The second kappa shape index (κ2) is 7.01. The summed E-state index contributed by atoms with van der Waals surface area (Å²) in [5, 5.41) is 1.27. The molecule has 0 fully saturated rings. The van der Waals surface area contributed by atoms with E-state index in [2.05, 4.69) is 26.0 Å². The molecule has 2 aromatic carbocycles. The summed E-state index contributed by atoms with van der Waals surface area (Å²) in [5.41, 5.74) is 2.27. The fourth-order valence-corrected chi connectivity index (χ4v) is 2.39. The van der Waals surface area contributed by atoms with Crippen molar-refractivity contribution in [1.82, 2.24) is 0 Å². The maximum atomic E-state index is 6.12. The molecule has 0 bridgehead atoms. The van der Waals surface area contributed by atoms with Gasteiger partial charge in [-0.2, -0.15) is 0 Å². The summed E-state index contributed by atoms with van der Waals surface area (Å²) in [5.74, 6) is 1.43. The van der Waals surface area contributed by atoms with Crippen LogP contribution in [-0.4, -0.2) is 0 Å². The highest BCUT2D eigenvalue weighted by molar-refractivity contribution is 6.35. The van der Waals surface area contributed by atoms with Gasteiger partial charge in [-0.25, -0.2) is 0 Å². The molecular formula is C17H18Cl2O. The van der Waals surface area contributed by atoms with Crippen LogP contribution in [0.15, 0.2) is 42.5 Å².